The average Bonchev–Trinajstić information content (AvgIpc) is 2.35. The Morgan fingerprint density at radius 3 is 2.45 bits per heavy atom. The third kappa shape index (κ3) is 3.43. The Morgan fingerprint density at radius 2 is 1.85 bits per heavy atom. The van der Waals surface area contributed by atoms with E-state index in [4.69, 9.17) is 27.9 Å². The van der Waals surface area contributed by atoms with Gasteiger partial charge in [-0.05, 0) is 27.4 Å². The molecule has 2 rings (SSSR count). The Hall–Kier alpha value is -0.840. The van der Waals surface area contributed by atoms with Crippen LogP contribution in [-0.4, -0.2) is 10.2 Å². The molecule has 0 unspecified atom stereocenters. The van der Waals surface area contributed by atoms with E-state index in [2.05, 4.69) is 46.9 Å². The second-order valence-electron chi connectivity index (χ2n) is 5.29. The number of nitrogens with zero attached hydrogens (tertiary/aromatic N) is 2. The van der Waals surface area contributed by atoms with Gasteiger partial charge in [-0.25, -0.2) is 0 Å². The lowest BCUT2D eigenvalue weighted by Gasteiger charge is -2.23. The second-order valence-corrected chi connectivity index (χ2v) is 6.91. The van der Waals surface area contributed by atoms with Gasteiger partial charge in [-0.1, -0.05) is 56.1 Å². The zero-order valence-electron chi connectivity index (χ0n) is 11.2. The maximum absolute atomic E-state index is 5.92. The number of para-hydroxylation sites is 1. The molecule has 0 fully saturated rings. The van der Waals surface area contributed by atoms with Crippen LogP contribution in [-0.2, 0) is 5.41 Å². The molecule has 3 nitrogen and oxygen atoms in total. The van der Waals surface area contributed by atoms with E-state index in [1.54, 1.807) is 6.07 Å². The predicted molar refractivity (Wildman–Crippen MR) is 85.0 cm³/mol. The van der Waals surface area contributed by atoms with Crippen LogP contribution in [0.4, 0.5) is 0 Å². The van der Waals surface area contributed by atoms with E-state index < -0.39 is 0 Å². The zero-order valence-corrected chi connectivity index (χ0v) is 14.3. The topological polar surface area (TPSA) is 35.0 Å². The smallest absolute Gasteiger partial charge is 0.240 e. The Balaban J connectivity index is 2.45. The molecule has 0 aliphatic rings. The van der Waals surface area contributed by atoms with Crippen LogP contribution >= 0.6 is 39.1 Å². The Kier molecular flexibility index (Phi) is 4.57. The molecule has 0 amide bonds. The minimum atomic E-state index is -0.0667. The molecule has 0 radical (unpaired) electrons. The summed E-state index contributed by atoms with van der Waals surface area (Å²) in [6, 6.07) is 7.45. The van der Waals surface area contributed by atoms with Crippen molar-refractivity contribution in [1.29, 1.82) is 0 Å². The third-order valence-electron chi connectivity index (χ3n) is 2.67. The summed E-state index contributed by atoms with van der Waals surface area (Å²) in [6.45, 7) is 6.34. The summed E-state index contributed by atoms with van der Waals surface area (Å²) in [6.07, 6.45) is 0. The number of ether oxygens (including phenoxy) is 1. The standard InChI is InChI=1S/C14H13BrCl2N2O/c1-14(2,3)8-5-4-6-9(15)12(8)20-11-7-10(16)13(17)19-18-11/h4-7H,1-3H3. The monoisotopic (exact) mass is 374 g/mol. The highest BCUT2D eigenvalue weighted by Crippen LogP contribution is 2.39. The van der Waals surface area contributed by atoms with E-state index in [1.165, 1.54) is 0 Å². The first-order valence-corrected chi connectivity index (χ1v) is 7.49. The molecule has 6 heteroatoms. The molecule has 0 aliphatic carbocycles. The Bertz CT molecular complexity index is 642. The van der Waals surface area contributed by atoms with E-state index >= 15 is 0 Å². The molecule has 0 bridgehead atoms. The van der Waals surface area contributed by atoms with Gasteiger partial charge < -0.3 is 4.74 Å². The molecule has 20 heavy (non-hydrogen) atoms. The van der Waals surface area contributed by atoms with Crippen molar-refractivity contribution in [2.24, 2.45) is 0 Å². The van der Waals surface area contributed by atoms with Crippen molar-refractivity contribution in [3.05, 3.63) is 44.5 Å². The van der Waals surface area contributed by atoms with Crippen LogP contribution in [0.1, 0.15) is 26.3 Å². The minimum Gasteiger partial charge on any atom is -0.436 e. The van der Waals surface area contributed by atoms with Crippen LogP contribution in [0, 0.1) is 0 Å². The summed E-state index contributed by atoms with van der Waals surface area (Å²) < 4.78 is 6.68. The summed E-state index contributed by atoms with van der Waals surface area (Å²) >= 11 is 15.2. The number of aromatic nitrogens is 2. The quantitative estimate of drug-likeness (QED) is 0.681. The van der Waals surface area contributed by atoms with Crippen molar-refractivity contribution in [3.63, 3.8) is 0 Å². The van der Waals surface area contributed by atoms with Crippen molar-refractivity contribution in [1.82, 2.24) is 10.2 Å². The summed E-state index contributed by atoms with van der Waals surface area (Å²) in [5.41, 5.74) is 0.989. The first-order valence-electron chi connectivity index (χ1n) is 5.94. The van der Waals surface area contributed by atoms with Crippen molar-refractivity contribution < 1.29 is 4.74 Å². The number of halogens is 3. The summed E-state index contributed by atoms with van der Waals surface area (Å²) in [4.78, 5) is 0. The molecular formula is C14H13BrCl2N2O. The van der Waals surface area contributed by atoms with Gasteiger partial charge >= 0.3 is 0 Å². The molecule has 0 atom stereocenters. The molecule has 1 heterocycles. The highest BCUT2D eigenvalue weighted by molar-refractivity contribution is 9.10. The van der Waals surface area contributed by atoms with Crippen LogP contribution in [0.3, 0.4) is 0 Å². The number of benzene rings is 1. The fourth-order valence-corrected chi connectivity index (χ4v) is 2.37. The van der Waals surface area contributed by atoms with E-state index in [9.17, 15) is 0 Å². The lowest BCUT2D eigenvalue weighted by Crippen LogP contribution is -2.13. The highest BCUT2D eigenvalue weighted by atomic mass is 79.9. The summed E-state index contributed by atoms with van der Waals surface area (Å²) in [5, 5.41) is 8.09. The summed E-state index contributed by atoms with van der Waals surface area (Å²) in [7, 11) is 0. The first kappa shape index (κ1) is 15.5. The number of hydrogen-bond donors (Lipinski definition) is 0. The summed E-state index contributed by atoms with van der Waals surface area (Å²) in [5.74, 6) is 1.00. The zero-order chi connectivity index (χ0) is 14.9. The van der Waals surface area contributed by atoms with Gasteiger partial charge in [0.1, 0.15) is 5.75 Å². The molecule has 1 aromatic heterocycles. The van der Waals surface area contributed by atoms with Gasteiger partial charge in [0.15, 0.2) is 5.15 Å². The van der Waals surface area contributed by atoms with E-state index in [-0.39, 0.29) is 10.6 Å². The van der Waals surface area contributed by atoms with Gasteiger partial charge in [-0.3, -0.25) is 0 Å². The third-order valence-corrected chi connectivity index (χ3v) is 3.95. The molecule has 0 N–H and O–H groups in total. The molecule has 106 valence electrons. The van der Waals surface area contributed by atoms with Gasteiger partial charge in [0.25, 0.3) is 0 Å². The first-order chi connectivity index (χ1) is 9.29. The normalized spacial score (nSPS) is 11.5. The molecule has 0 spiro atoms. The van der Waals surface area contributed by atoms with Crippen LogP contribution in [0.25, 0.3) is 0 Å². The predicted octanol–water partition coefficient (Wildman–Crippen LogP) is 5.64. The lowest BCUT2D eigenvalue weighted by atomic mass is 9.86. The maximum atomic E-state index is 5.92. The number of hydrogen-bond acceptors (Lipinski definition) is 3. The highest BCUT2D eigenvalue weighted by Gasteiger charge is 2.21. The van der Waals surface area contributed by atoms with Gasteiger partial charge in [0.05, 0.1) is 9.50 Å². The van der Waals surface area contributed by atoms with Gasteiger partial charge in [-0.15, -0.1) is 10.2 Å². The van der Waals surface area contributed by atoms with Gasteiger partial charge in [0.2, 0.25) is 5.88 Å². The van der Waals surface area contributed by atoms with E-state index in [1.807, 2.05) is 18.2 Å². The van der Waals surface area contributed by atoms with Crippen LogP contribution < -0.4 is 4.74 Å². The molecular weight excluding hydrogens is 363 g/mol. The Morgan fingerprint density at radius 1 is 1.15 bits per heavy atom. The molecule has 0 saturated carbocycles. The lowest BCUT2D eigenvalue weighted by molar-refractivity contribution is 0.431. The fraction of sp³-hybridized carbons (Fsp3) is 0.286. The van der Waals surface area contributed by atoms with E-state index in [0.29, 0.717) is 16.7 Å². The van der Waals surface area contributed by atoms with Crippen LogP contribution in [0.5, 0.6) is 11.6 Å². The Labute approximate surface area is 136 Å². The SMILES string of the molecule is CC(C)(C)c1cccc(Br)c1Oc1cc(Cl)c(Cl)nn1. The number of rotatable bonds is 2. The fourth-order valence-electron chi connectivity index (χ4n) is 1.70. The molecule has 1 aromatic carbocycles. The largest absolute Gasteiger partial charge is 0.436 e. The average molecular weight is 376 g/mol. The van der Waals surface area contributed by atoms with Gasteiger partial charge in [0, 0.05) is 11.6 Å². The van der Waals surface area contributed by atoms with Gasteiger partial charge in [-0.2, -0.15) is 0 Å². The van der Waals surface area contributed by atoms with Crippen LogP contribution in [0.15, 0.2) is 28.7 Å². The second kappa shape index (κ2) is 5.88. The van der Waals surface area contributed by atoms with E-state index in [0.717, 1.165) is 10.0 Å². The van der Waals surface area contributed by atoms with Crippen molar-refractivity contribution >= 4 is 39.1 Å². The molecule has 0 aliphatic heterocycles. The van der Waals surface area contributed by atoms with Crippen LogP contribution in [0.2, 0.25) is 10.2 Å². The van der Waals surface area contributed by atoms with Crippen molar-refractivity contribution in [2.45, 2.75) is 26.2 Å². The van der Waals surface area contributed by atoms with Crippen molar-refractivity contribution in [2.75, 3.05) is 0 Å². The minimum absolute atomic E-state index is 0.0667. The molecule has 2 aromatic rings. The maximum Gasteiger partial charge on any atom is 0.240 e. The molecule has 0 saturated heterocycles. The van der Waals surface area contributed by atoms with Crippen molar-refractivity contribution in [3.8, 4) is 11.6 Å².